The van der Waals surface area contributed by atoms with Gasteiger partial charge in [-0.3, -0.25) is 0 Å². The smallest absolute Gasteiger partial charge is 0.347 e. The van der Waals surface area contributed by atoms with Crippen molar-refractivity contribution in [1.82, 2.24) is 4.98 Å². The predicted molar refractivity (Wildman–Crippen MR) is 83.0 cm³/mol. The number of carboxylic acids is 1. The van der Waals surface area contributed by atoms with Gasteiger partial charge >= 0.3 is 5.97 Å². The van der Waals surface area contributed by atoms with E-state index in [4.69, 9.17) is 0 Å². The van der Waals surface area contributed by atoms with Crippen molar-refractivity contribution in [3.63, 3.8) is 0 Å². The number of carbonyl (C=O) groups is 1. The highest BCUT2D eigenvalue weighted by Gasteiger charge is 2.31. The van der Waals surface area contributed by atoms with Gasteiger partial charge in [0.05, 0.1) is 5.69 Å². The number of anilines is 1. The van der Waals surface area contributed by atoms with Crippen molar-refractivity contribution < 1.29 is 9.90 Å². The molecule has 1 aromatic rings. The van der Waals surface area contributed by atoms with Crippen LogP contribution in [0.25, 0.3) is 0 Å². The van der Waals surface area contributed by atoms with Crippen molar-refractivity contribution >= 4 is 22.4 Å². The third kappa shape index (κ3) is 2.97. The summed E-state index contributed by atoms with van der Waals surface area (Å²) in [6.07, 6.45) is 2.38. The summed E-state index contributed by atoms with van der Waals surface area (Å²) >= 11 is 1.32. The number of thiazole rings is 1. The molecule has 4 nitrogen and oxygen atoms in total. The molecule has 2 rings (SSSR count). The van der Waals surface area contributed by atoms with Gasteiger partial charge in [0.15, 0.2) is 5.13 Å². The van der Waals surface area contributed by atoms with Gasteiger partial charge in [0.25, 0.3) is 0 Å². The van der Waals surface area contributed by atoms with Crippen LogP contribution in [-0.2, 0) is 5.41 Å². The molecule has 2 unspecified atom stereocenters. The summed E-state index contributed by atoms with van der Waals surface area (Å²) in [6.45, 7) is 11.5. The number of hydrogen-bond acceptors (Lipinski definition) is 4. The zero-order valence-corrected chi connectivity index (χ0v) is 13.8. The molecule has 1 aromatic heterocycles. The van der Waals surface area contributed by atoms with E-state index in [0.717, 1.165) is 18.1 Å². The second-order valence-corrected chi connectivity index (χ2v) is 7.89. The summed E-state index contributed by atoms with van der Waals surface area (Å²) in [5, 5.41) is 10.3. The second-order valence-electron chi connectivity index (χ2n) is 6.91. The van der Waals surface area contributed by atoms with Crippen molar-refractivity contribution in [2.45, 2.75) is 58.9 Å². The SMILES string of the molecule is CC1CCC(C)N(c2nc(C(C)(C)C)c(C(=O)O)s2)C1. The van der Waals surface area contributed by atoms with Gasteiger partial charge in [0.2, 0.25) is 0 Å². The van der Waals surface area contributed by atoms with E-state index in [0.29, 0.717) is 22.5 Å². The molecular weight excluding hydrogens is 272 g/mol. The highest BCUT2D eigenvalue weighted by Crippen LogP contribution is 2.36. The van der Waals surface area contributed by atoms with Crippen LogP contribution in [0.4, 0.5) is 5.13 Å². The Bertz CT molecular complexity index is 504. The van der Waals surface area contributed by atoms with E-state index >= 15 is 0 Å². The fourth-order valence-electron chi connectivity index (χ4n) is 2.64. The average molecular weight is 296 g/mol. The number of hydrogen-bond donors (Lipinski definition) is 1. The standard InChI is InChI=1S/C15H24N2O2S/c1-9-6-7-10(2)17(8-9)14-16-12(15(3,4)5)11(20-14)13(18)19/h9-10H,6-8H2,1-5H3,(H,18,19). The Kier molecular flexibility index (Phi) is 4.09. The summed E-state index contributed by atoms with van der Waals surface area (Å²) < 4.78 is 0. The van der Waals surface area contributed by atoms with Crippen molar-refractivity contribution in [1.29, 1.82) is 0 Å². The molecule has 1 aliphatic heterocycles. The van der Waals surface area contributed by atoms with E-state index in [9.17, 15) is 9.90 Å². The summed E-state index contributed by atoms with van der Waals surface area (Å²) in [6, 6.07) is 0.437. The number of aromatic carboxylic acids is 1. The fourth-order valence-corrected chi connectivity index (χ4v) is 3.87. The number of aromatic nitrogens is 1. The van der Waals surface area contributed by atoms with Crippen LogP contribution in [0.2, 0.25) is 0 Å². The summed E-state index contributed by atoms with van der Waals surface area (Å²) in [5.41, 5.74) is 0.461. The molecule has 0 spiro atoms. The van der Waals surface area contributed by atoms with E-state index in [1.165, 1.54) is 17.8 Å². The molecule has 0 bridgehead atoms. The first-order chi connectivity index (χ1) is 9.20. The van der Waals surface area contributed by atoms with Crippen molar-refractivity contribution in [3.05, 3.63) is 10.6 Å². The van der Waals surface area contributed by atoms with Crippen LogP contribution in [-0.4, -0.2) is 28.6 Å². The minimum atomic E-state index is -0.864. The molecule has 0 aliphatic carbocycles. The number of piperidine rings is 1. The van der Waals surface area contributed by atoms with Crippen molar-refractivity contribution in [2.75, 3.05) is 11.4 Å². The number of rotatable bonds is 2. The molecule has 0 aromatic carbocycles. The molecule has 1 fully saturated rings. The van der Waals surface area contributed by atoms with Gasteiger partial charge in [-0.25, -0.2) is 9.78 Å². The fraction of sp³-hybridized carbons (Fsp3) is 0.733. The van der Waals surface area contributed by atoms with Crippen LogP contribution >= 0.6 is 11.3 Å². The molecule has 1 saturated heterocycles. The van der Waals surface area contributed by atoms with E-state index < -0.39 is 5.97 Å². The summed E-state index contributed by atoms with van der Waals surface area (Å²) in [7, 11) is 0. The minimum Gasteiger partial charge on any atom is -0.477 e. The molecule has 0 radical (unpaired) electrons. The molecule has 0 amide bonds. The number of nitrogens with zero attached hydrogens (tertiary/aromatic N) is 2. The van der Waals surface area contributed by atoms with Crippen LogP contribution in [0, 0.1) is 5.92 Å². The first-order valence-electron chi connectivity index (χ1n) is 7.21. The molecule has 2 heterocycles. The number of carboxylic acid groups (broad SMARTS) is 1. The van der Waals surface area contributed by atoms with Crippen LogP contribution in [0.5, 0.6) is 0 Å². The Balaban J connectivity index is 2.40. The zero-order chi connectivity index (χ0) is 15.1. The third-order valence-corrected chi connectivity index (χ3v) is 4.96. The van der Waals surface area contributed by atoms with Gasteiger partial charge in [-0.1, -0.05) is 39.0 Å². The largest absolute Gasteiger partial charge is 0.477 e. The lowest BCUT2D eigenvalue weighted by atomic mass is 9.91. The molecule has 2 atom stereocenters. The molecule has 1 aliphatic rings. The normalized spacial score (nSPS) is 23.9. The van der Waals surface area contributed by atoms with Gasteiger partial charge in [0.1, 0.15) is 4.88 Å². The maximum atomic E-state index is 11.5. The lowest BCUT2D eigenvalue weighted by Gasteiger charge is -2.36. The Morgan fingerprint density at radius 3 is 2.50 bits per heavy atom. The van der Waals surface area contributed by atoms with Gasteiger partial charge in [-0.15, -0.1) is 0 Å². The summed E-state index contributed by atoms with van der Waals surface area (Å²) in [5.74, 6) is -0.224. The van der Waals surface area contributed by atoms with E-state index in [2.05, 4.69) is 23.7 Å². The monoisotopic (exact) mass is 296 g/mol. The van der Waals surface area contributed by atoms with Crippen LogP contribution in [0.15, 0.2) is 0 Å². The highest BCUT2D eigenvalue weighted by atomic mass is 32.1. The Labute approximate surface area is 124 Å². The van der Waals surface area contributed by atoms with E-state index in [1.54, 1.807) is 0 Å². The van der Waals surface area contributed by atoms with Crippen LogP contribution < -0.4 is 4.90 Å². The molecule has 0 saturated carbocycles. The van der Waals surface area contributed by atoms with Crippen LogP contribution in [0.1, 0.15) is 62.8 Å². The Hall–Kier alpha value is -1.10. The maximum absolute atomic E-state index is 11.5. The van der Waals surface area contributed by atoms with Crippen molar-refractivity contribution in [3.8, 4) is 0 Å². The lowest BCUT2D eigenvalue weighted by Crippen LogP contribution is -2.41. The van der Waals surface area contributed by atoms with Crippen LogP contribution in [0.3, 0.4) is 0 Å². The van der Waals surface area contributed by atoms with Gasteiger partial charge in [0, 0.05) is 18.0 Å². The molecule has 20 heavy (non-hydrogen) atoms. The molecule has 1 N–H and O–H groups in total. The Morgan fingerprint density at radius 2 is 2.00 bits per heavy atom. The molecule has 5 heteroatoms. The quantitative estimate of drug-likeness (QED) is 0.902. The van der Waals surface area contributed by atoms with E-state index in [-0.39, 0.29) is 5.41 Å². The van der Waals surface area contributed by atoms with Gasteiger partial charge in [-0.05, 0) is 25.7 Å². The summed E-state index contributed by atoms with van der Waals surface area (Å²) in [4.78, 5) is 18.8. The molecular formula is C15H24N2O2S. The van der Waals surface area contributed by atoms with Crippen molar-refractivity contribution in [2.24, 2.45) is 5.92 Å². The maximum Gasteiger partial charge on any atom is 0.347 e. The third-order valence-electron chi connectivity index (χ3n) is 3.88. The van der Waals surface area contributed by atoms with E-state index in [1.807, 2.05) is 20.8 Å². The Morgan fingerprint density at radius 1 is 1.35 bits per heavy atom. The first-order valence-corrected chi connectivity index (χ1v) is 8.03. The zero-order valence-electron chi connectivity index (χ0n) is 12.9. The average Bonchev–Trinajstić information content (AvgIpc) is 2.77. The lowest BCUT2D eigenvalue weighted by molar-refractivity contribution is 0.0699. The topological polar surface area (TPSA) is 53.4 Å². The second kappa shape index (κ2) is 5.35. The minimum absolute atomic E-state index is 0.243. The van der Waals surface area contributed by atoms with Gasteiger partial charge in [-0.2, -0.15) is 0 Å². The first kappa shape index (κ1) is 15.3. The highest BCUT2D eigenvalue weighted by molar-refractivity contribution is 7.17. The van der Waals surface area contributed by atoms with Gasteiger partial charge < -0.3 is 10.0 Å². The molecule has 112 valence electrons. The predicted octanol–water partition coefficient (Wildman–Crippen LogP) is 3.76.